The van der Waals surface area contributed by atoms with Gasteiger partial charge in [-0.25, -0.2) is 8.78 Å². The van der Waals surface area contributed by atoms with Crippen molar-refractivity contribution in [2.75, 3.05) is 13.7 Å². The van der Waals surface area contributed by atoms with Gasteiger partial charge in [0.2, 0.25) is 5.82 Å². The fourth-order valence-corrected chi connectivity index (χ4v) is 4.01. The van der Waals surface area contributed by atoms with Crippen molar-refractivity contribution in [1.82, 2.24) is 20.4 Å². The number of methoxy groups -OCH3 is 1. The molecule has 0 amide bonds. The summed E-state index contributed by atoms with van der Waals surface area (Å²) in [4.78, 5) is 6.40. The highest BCUT2D eigenvalue weighted by molar-refractivity contribution is 7.80. The Labute approximate surface area is 183 Å². The molecule has 0 aliphatic carbocycles. The number of allylic oxidation sites excluding steroid dienone is 1. The van der Waals surface area contributed by atoms with Gasteiger partial charge in [0, 0.05) is 17.8 Å². The van der Waals surface area contributed by atoms with Gasteiger partial charge in [-0.3, -0.25) is 0 Å². The van der Waals surface area contributed by atoms with Crippen molar-refractivity contribution in [2.24, 2.45) is 0 Å². The molecule has 1 unspecified atom stereocenters. The minimum Gasteiger partial charge on any atom is -0.494 e. The highest BCUT2D eigenvalue weighted by Crippen LogP contribution is 2.37. The highest BCUT2D eigenvalue weighted by Gasteiger charge is 2.33. The van der Waals surface area contributed by atoms with Crippen molar-refractivity contribution in [1.29, 1.82) is 0 Å². The summed E-state index contributed by atoms with van der Waals surface area (Å²) in [6.07, 6.45) is 0. The van der Waals surface area contributed by atoms with Crippen molar-refractivity contribution in [3.8, 4) is 17.1 Å². The van der Waals surface area contributed by atoms with Crippen LogP contribution in [0.5, 0.6) is 5.75 Å². The zero-order valence-electron chi connectivity index (χ0n) is 17.1. The molecular formula is C22H20F2N4O2S. The molecule has 1 aliphatic heterocycles. The molecule has 0 saturated heterocycles. The lowest BCUT2D eigenvalue weighted by atomic mass is 9.94. The van der Waals surface area contributed by atoms with Crippen LogP contribution in [0, 0.1) is 11.6 Å². The molecule has 3 aromatic rings. The van der Waals surface area contributed by atoms with Crippen LogP contribution in [-0.2, 0) is 0 Å². The van der Waals surface area contributed by atoms with E-state index in [0.717, 1.165) is 5.70 Å². The van der Waals surface area contributed by atoms with E-state index in [4.69, 9.17) is 21.5 Å². The van der Waals surface area contributed by atoms with E-state index in [1.807, 2.05) is 18.7 Å². The average Bonchev–Trinajstić information content (AvgIpc) is 3.23. The number of benzene rings is 2. The molecule has 1 aliphatic rings. The molecule has 2 aromatic carbocycles. The number of nitrogens with zero attached hydrogens (tertiary/aromatic N) is 3. The zero-order chi connectivity index (χ0) is 22.1. The van der Waals surface area contributed by atoms with Gasteiger partial charge < -0.3 is 19.5 Å². The van der Waals surface area contributed by atoms with Crippen LogP contribution in [0.15, 0.2) is 52.7 Å². The first-order valence-electron chi connectivity index (χ1n) is 9.65. The van der Waals surface area contributed by atoms with Crippen molar-refractivity contribution < 1.29 is 18.0 Å². The number of hydrogen-bond donors (Lipinski definition) is 1. The molecule has 0 fully saturated rings. The van der Waals surface area contributed by atoms with Crippen molar-refractivity contribution in [3.05, 3.63) is 71.3 Å². The SMILES string of the molecule is CCN1C(=S)NC(c2cccc(F)c2)C(c2nc(-c3ccc(OC)c(F)c3)no2)=C1C. The Morgan fingerprint density at radius 2 is 2.03 bits per heavy atom. The van der Waals surface area contributed by atoms with Gasteiger partial charge in [-0.15, -0.1) is 0 Å². The van der Waals surface area contributed by atoms with E-state index in [9.17, 15) is 8.78 Å². The first-order valence-corrected chi connectivity index (χ1v) is 10.1. The van der Waals surface area contributed by atoms with E-state index < -0.39 is 11.9 Å². The van der Waals surface area contributed by atoms with E-state index in [1.165, 1.54) is 31.4 Å². The van der Waals surface area contributed by atoms with Crippen LogP contribution in [0.2, 0.25) is 0 Å². The Balaban J connectivity index is 1.80. The monoisotopic (exact) mass is 442 g/mol. The van der Waals surface area contributed by atoms with E-state index in [1.54, 1.807) is 18.2 Å². The quantitative estimate of drug-likeness (QED) is 0.575. The van der Waals surface area contributed by atoms with Gasteiger partial charge in [0.25, 0.3) is 5.89 Å². The number of ether oxygens (including phenoxy) is 1. The van der Waals surface area contributed by atoms with Gasteiger partial charge >= 0.3 is 0 Å². The van der Waals surface area contributed by atoms with Crippen molar-refractivity contribution in [3.63, 3.8) is 0 Å². The third-order valence-electron chi connectivity index (χ3n) is 5.16. The van der Waals surface area contributed by atoms with Gasteiger partial charge in [-0.05, 0) is 62.0 Å². The fourth-order valence-electron chi connectivity index (χ4n) is 3.63. The summed E-state index contributed by atoms with van der Waals surface area (Å²) >= 11 is 5.50. The van der Waals surface area contributed by atoms with E-state index in [2.05, 4.69) is 15.5 Å². The van der Waals surface area contributed by atoms with Crippen LogP contribution in [0.4, 0.5) is 8.78 Å². The molecule has 1 atom stereocenters. The summed E-state index contributed by atoms with van der Waals surface area (Å²) in [5.74, 6) is -0.292. The molecule has 0 bridgehead atoms. The van der Waals surface area contributed by atoms with Gasteiger partial charge in [-0.2, -0.15) is 4.98 Å². The number of aromatic nitrogens is 2. The van der Waals surface area contributed by atoms with Crippen LogP contribution in [0.3, 0.4) is 0 Å². The van der Waals surface area contributed by atoms with Gasteiger partial charge in [-0.1, -0.05) is 17.3 Å². The number of thiocarbonyl (C=S) groups is 1. The molecule has 1 aromatic heterocycles. The Morgan fingerprint density at radius 3 is 2.71 bits per heavy atom. The van der Waals surface area contributed by atoms with Crippen molar-refractivity contribution >= 4 is 22.9 Å². The maximum absolute atomic E-state index is 14.1. The summed E-state index contributed by atoms with van der Waals surface area (Å²) in [5, 5.41) is 7.79. The summed E-state index contributed by atoms with van der Waals surface area (Å²) in [7, 11) is 1.40. The largest absolute Gasteiger partial charge is 0.494 e. The predicted molar refractivity (Wildman–Crippen MR) is 116 cm³/mol. The third-order valence-corrected chi connectivity index (χ3v) is 5.50. The van der Waals surface area contributed by atoms with Crippen LogP contribution >= 0.6 is 12.2 Å². The van der Waals surface area contributed by atoms with Gasteiger partial charge in [0.15, 0.2) is 16.7 Å². The molecule has 1 N–H and O–H groups in total. The molecule has 9 heteroatoms. The number of nitrogens with one attached hydrogen (secondary N) is 1. The smallest absolute Gasteiger partial charge is 0.258 e. The van der Waals surface area contributed by atoms with Crippen LogP contribution in [-0.4, -0.2) is 33.8 Å². The van der Waals surface area contributed by atoms with Gasteiger partial charge in [0.1, 0.15) is 5.82 Å². The normalized spacial score (nSPS) is 16.5. The summed E-state index contributed by atoms with van der Waals surface area (Å²) in [6.45, 7) is 4.49. The maximum atomic E-state index is 14.1. The van der Waals surface area contributed by atoms with Crippen LogP contribution < -0.4 is 10.1 Å². The Morgan fingerprint density at radius 1 is 1.23 bits per heavy atom. The Kier molecular flexibility index (Phi) is 5.69. The van der Waals surface area contributed by atoms with E-state index >= 15 is 0 Å². The van der Waals surface area contributed by atoms with Crippen LogP contribution in [0.25, 0.3) is 17.0 Å². The van der Waals surface area contributed by atoms with Gasteiger partial charge in [0.05, 0.1) is 18.7 Å². The third kappa shape index (κ3) is 3.88. The predicted octanol–water partition coefficient (Wildman–Crippen LogP) is 4.71. The average molecular weight is 442 g/mol. The lowest BCUT2D eigenvalue weighted by Gasteiger charge is -2.36. The molecule has 0 radical (unpaired) electrons. The molecule has 0 saturated carbocycles. The molecule has 6 nitrogen and oxygen atoms in total. The molecule has 4 rings (SSSR count). The maximum Gasteiger partial charge on any atom is 0.258 e. The number of halogens is 2. The topological polar surface area (TPSA) is 63.4 Å². The number of rotatable bonds is 5. The minimum atomic E-state index is -0.527. The summed E-state index contributed by atoms with van der Waals surface area (Å²) in [6, 6.07) is 10.2. The highest BCUT2D eigenvalue weighted by atomic mass is 32.1. The van der Waals surface area contributed by atoms with E-state index in [0.29, 0.717) is 28.4 Å². The molecule has 2 heterocycles. The lowest BCUT2D eigenvalue weighted by molar-refractivity contribution is 0.386. The number of hydrogen-bond acceptors (Lipinski definition) is 5. The fraction of sp³-hybridized carbons (Fsp3) is 0.227. The van der Waals surface area contributed by atoms with E-state index in [-0.39, 0.29) is 23.3 Å². The second kappa shape index (κ2) is 8.43. The molecule has 31 heavy (non-hydrogen) atoms. The Bertz CT molecular complexity index is 1180. The standard InChI is InChI=1S/C22H20F2N4O2S/c1-4-28-12(2)18(19(25-22(28)31)13-6-5-7-15(23)10-13)21-26-20(27-30-21)14-8-9-17(29-3)16(24)11-14/h5-11,19H,4H2,1-3H3,(H,25,31). The molecule has 160 valence electrons. The second-order valence-corrected chi connectivity index (χ2v) is 7.34. The summed E-state index contributed by atoms with van der Waals surface area (Å²) < 4.78 is 38.6. The minimum absolute atomic E-state index is 0.126. The second-order valence-electron chi connectivity index (χ2n) is 6.95. The first-order chi connectivity index (χ1) is 14.9. The Hall–Kier alpha value is -3.33. The first kappa shape index (κ1) is 20.9. The summed E-state index contributed by atoms with van der Waals surface area (Å²) in [5.41, 5.74) is 2.61. The van der Waals surface area contributed by atoms with Crippen LogP contribution in [0.1, 0.15) is 31.3 Å². The zero-order valence-corrected chi connectivity index (χ0v) is 18.0. The molecule has 0 spiro atoms. The lowest BCUT2D eigenvalue weighted by Crippen LogP contribution is -2.45. The van der Waals surface area contributed by atoms with Crippen molar-refractivity contribution in [2.45, 2.75) is 19.9 Å². The molecular weight excluding hydrogens is 422 g/mol.